The number of morpholine rings is 1. The molecular weight excluding hydrogens is 642 g/mol. The Hall–Kier alpha value is -5.26. The summed E-state index contributed by atoms with van der Waals surface area (Å²) in [4.78, 5) is 16.4. The van der Waals surface area contributed by atoms with Crippen molar-refractivity contribution in [3.05, 3.63) is 155 Å². The van der Waals surface area contributed by atoms with Crippen molar-refractivity contribution in [3.8, 4) is 17.2 Å². The second-order valence-corrected chi connectivity index (χ2v) is 13.5. The summed E-state index contributed by atoms with van der Waals surface area (Å²) in [6, 6.07) is 45.1. The van der Waals surface area contributed by atoms with Gasteiger partial charge in [0.2, 0.25) is 5.91 Å². The van der Waals surface area contributed by atoms with E-state index in [0.29, 0.717) is 22.4 Å². The van der Waals surface area contributed by atoms with Gasteiger partial charge in [0.25, 0.3) is 0 Å². The van der Waals surface area contributed by atoms with Gasteiger partial charge in [-0.3, -0.25) is 9.69 Å². The number of nitriles is 1. The van der Waals surface area contributed by atoms with E-state index >= 15 is 0 Å². The predicted octanol–water partition coefficient (Wildman–Crippen LogP) is 8.12. The molecule has 7 nitrogen and oxygen atoms in total. The molecule has 1 aliphatic heterocycles. The van der Waals surface area contributed by atoms with Gasteiger partial charge in [-0.15, -0.1) is 0 Å². The van der Waals surface area contributed by atoms with E-state index in [4.69, 9.17) is 21.4 Å². The summed E-state index contributed by atoms with van der Waals surface area (Å²) in [5, 5.41) is 19.6. The van der Waals surface area contributed by atoms with Crippen LogP contribution >= 0.6 is 11.6 Å². The zero-order chi connectivity index (χ0) is 34.1. The Balaban J connectivity index is 1.31. The third kappa shape index (κ3) is 5.66. The lowest BCUT2D eigenvalue weighted by Gasteiger charge is -2.43. The summed E-state index contributed by atoms with van der Waals surface area (Å²) >= 11 is 6.71. The number of nitrogens with zero attached hydrogens (tertiary/aromatic N) is 4. The van der Waals surface area contributed by atoms with Crippen LogP contribution in [0.2, 0.25) is 5.02 Å². The van der Waals surface area contributed by atoms with Crippen LogP contribution < -0.4 is 5.32 Å². The number of benzene rings is 5. The first-order chi connectivity index (χ1) is 24.6. The van der Waals surface area contributed by atoms with Gasteiger partial charge < -0.3 is 10.1 Å². The highest BCUT2D eigenvalue weighted by Gasteiger charge is 2.42. The molecule has 0 spiro atoms. The molecule has 1 saturated heterocycles. The van der Waals surface area contributed by atoms with Gasteiger partial charge in [0.1, 0.15) is 5.54 Å². The minimum absolute atomic E-state index is 0.0271. The zero-order valence-corrected chi connectivity index (χ0v) is 28.3. The highest BCUT2D eigenvalue weighted by Crippen LogP contribution is 2.45. The molecule has 2 heterocycles. The van der Waals surface area contributed by atoms with Crippen molar-refractivity contribution in [2.75, 3.05) is 31.6 Å². The van der Waals surface area contributed by atoms with Crippen LogP contribution in [0.15, 0.2) is 127 Å². The summed E-state index contributed by atoms with van der Waals surface area (Å²) < 4.78 is 7.61. The number of fused-ring (bicyclic) bond motifs is 1. The molecule has 1 aromatic heterocycles. The number of ether oxygens (including phenoxy) is 1. The van der Waals surface area contributed by atoms with Crippen molar-refractivity contribution in [2.24, 2.45) is 5.92 Å². The van der Waals surface area contributed by atoms with Crippen LogP contribution in [0.1, 0.15) is 35.1 Å². The van der Waals surface area contributed by atoms with E-state index in [-0.39, 0.29) is 11.8 Å². The summed E-state index contributed by atoms with van der Waals surface area (Å²) in [5.41, 5.74) is 5.13. The lowest BCUT2D eigenvalue weighted by atomic mass is 9.77. The molecule has 0 radical (unpaired) electrons. The first-order valence-corrected chi connectivity index (χ1v) is 17.5. The van der Waals surface area contributed by atoms with Gasteiger partial charge in [-0.25, -0.2) is 4.68 Å². The van der Waals surface area contributed by atoms with E-state index in [0.717, 1.165) is 77.9 Å². The fourth-order valence-corrected chi connectivity index (χ4v) is 7.84. The van der Waals surface area contributed by atoms with E-state index in [1.165, 1.54) is 0 Å². The number of halogens is 1. The van der Waals surface area contributed by atoms with Crippen molar-refractivity contribution in [1.29, 1.82) is 5.26 Å². The highest BCUT2D eigenvalue weighted by atomic mass is 35.5. The molecule has 0 bridgehead atoms. The Morgan fingerprint density at radius 3 is 2.00 bits per heavy atom. The van der Waals surface area contributed by atoms with Gasteiger partial charge in [0, 0.05) is 41.0 Å². The van der Waals surface area contributed by atoms with E-state index < -0.39 is 5.54 Å². The molecule has 1 amide bonds. The van der Waals surface area contributed by atoms with E-state index in [1.807, 2.05) is 72.8 Å². The Morgan fingerprint density at radius 2 is 1.42 bits per heavy atom. The maximum atomic E-state index is 14.0. The lowest BCUT2D eigenvalue weighted by molar-refractivity contribution is -0.125. The molecule has 2 fully saturated rings. The zero-order valence-electron chi connectivity index (χ0n) is 27.5. The van der Waals surface area contributed by atoms with Crippen LogP contribution in [0.3, 0.4) is 0 Å². The van der Waals surface area contributed by atoms with Gasteiger partial charge in [-0.05, 0) is 65.4 Å². The smallest absolute Gasteiger partial charge is 0.228 e. The van der Waals surface area contributed by atoms with Crippen LogP contribution in [0, 0.1) is 17.2 Å². The van der Waals surface area contributed by atoms with Gasteiger partial charge >= 0.3 is 0 Å². The predicted molar refractivity (Wildman–Crippen MR) is 197 cm³/mol. The molecule has 8 rings (SSSR count). The van der Waals surface area contributed by atoms with Crippen LogP contribution in [-0.2, 0) is 15.1 Å². The van der Waals surface area contributed by atoms with Gasteiger partial charge in [0.15, 0.2) is 5.82 Å². The van der Waals surface area contributed by atoms with Gasteiger partial charge in [-0.1, -0.05) is 109 Å². The van der Waals surface area contributed by atoms with Crippen molar-refractivity contribution < 1.29 is 9.53 Å². The third-order valence-electron chi connectivity index (χ3n) is 10.3. The molecule has 0 atom stereocenters. The number of nitrogens with one attached hydrogen (secondary N) is 1. The minimum Gasteiger partial charge on any atom is -0.379 e. The standard InChI is InChI=1S/C42H36ClN5O2/c43-38-18-16-29(28-44)24-36(38)30-17-19-39-37(27-30)40(45-41(49)31-25-35(26-31)47-20-22-50-23-21-47)46-48(39)42(32-10-4-1-5-11-32,33-12-6-2-7-13-33)34-14-8-3-9-15-34/h1-19,24,27,31,35H,20-23,25-26H2,(H,45,46,49). The molecule has 1 saturated carbocycles. The van der Waals surface area contributed by atoms with Crippen molar-refractivity contribution >= 4 is 34.2 Å². The number of carbonyl (C=O) groups is 1. The molecule has 1 N–H and O–H groups in total. The van der Waals surface area contributed by atoms with Gasteiger partial charge in [0.05, 0.1) is 30.4 Å². The molecule has 0 unspecified atom stereocenters. The maximum Gasteiger partial charge on any atom is 0.228 e. The van der Waals surface area contributed by atoms with Crippen LogP contribution in [0.4, 0.5) is 5.82 Å². The summed E-state index contributed by atoms with van der Waals surface area (Å²) in [7, 11) is 0. The quantitative estimate of drug-likeness (QED) is 0.165. The maximum absolute atomic E-state index is 14.0. The topological polar surface area (TPSA) is 83.2 Å². The van der Waals surface area contributed by atoms with E-state index in [9.17, 15) is 10.1 Å². The average molecular weight is 678 g/mol. The first-order valence-electron chi connectivity index (χ1n) is 17.1. The molecule has 248 valence electrons. The number of anilines is 1. The molecule has 1 aliphatic carbocycles. The van der Waals surface area contributed by atoms with Gasteiger partial charge in [-0.2, -0.15) is 10.4 Å². The largest absolute Gasteiger partial charge is 0.379 e. The summed E-state index contributed by atoms with van der Waals surface area (Å²) in [5.74, 6) is 0.359. The second kappa shape index (κ2) is 13.6. The Kier molecular flexibility index (Phi) is 8.68. The molecular formula is C42H36ClN5O2. The lowest BCUT2D eigenvalue weighted by Crippen LogP contribution is -2.52. The molecule has 50 heavy (non-hydrogen) atoms. The van der Waals surface area contributed by atoms with Crippen molar-refractivity contribution in [1.82, 2.24) is 14.7 Å². The Bertz CT molecular complexity index is 2090. The van der Waals surface area contributed by atoms with E-state index in [1.54, 1.807) is 18.2 Å². The number of carbonyl (C=O) groups excluding carboxylic acids is 1. The SMILES string of the molecule is N#Cc1ccc(Cl)c(-c2ccc3c(c2)c(NC(=O)C2CC(N4CCOCC4)C2)nn3C(c2ccccc2)(c2ccccc2)c2ccccc2)c1. The Labute approximate surface area is 296 Å². The summed E-state index contributed by atoms with van der Waals surface area (Å²) in [6.45, 7) is 3.30. The Morgan fingerprint density at radius 1 is 0.820 bits per heavy atom. The third-order valence-corrected chi connectivity index (χ3v) is 10.6. The molecule has 5 aromatic carbocycles. The number of aromatic nitrogens is 2. The van der Waals surface area contributed by atoms with Crippen LogP contribution in [0.25, 0.3) is 22.0 Å². The van der Waals surface area contributed by atoms with Crippen molar-refractivity contribution in [2.45, 2.75) is 24.4 Å². The van der Waals surface area contributed by atoms with E-state index in [2.05, 4.69) is 57.4 Å². The number of amides is 1. The van der Waals surface area contributed by atoms with Crippen LogP contribution in [0.5, 0.6) is 0 Å². The normalized spacial score (nSPS) is 17.9. The molecule has 2 aliphatic rings. The molecule has 8 heteroatoms. The number of hydrogen-bond donors (Lipinski definition) is 1. The first kappa shape index (κ1) is 32.0. The fraction of sp³-hybridized carbons (Fsp3) is 0.214. The molecule has 6 aromatic rings. The monoisotopic (exact) mass is 677 g/mol. The number of rotatable bonds is 8. The van der Waals surface area contributed by atoms with Crippen LogP contribution in [-0.4, -0.2) is 52.9 Å². The number of hydrogen-bond acceptors (Lipinski definition) is 5. The summed E-state index contributed by atoms with van der Waals surface area (Å²) in [6.07, 6.45) is 1.63. The van der Waals surface area contributed by atoms with Crippen molar-refractivity contribution in [3.63, 3.8) is 0 Å². The minimum atomic E-state index is -0.886. The highest BCUT2D eigenvalue weighted by molar-refractivity contribution is 6.33. The second-order valence-electron chi connectivity index (χ2n) is 13.1. The fourth-order valence-electron chi connectivity index (χ4n) is 7.62. The average Bonchev–Trinajstić information content (AvgIpc) is 3.50.